The second-order valence-corrected chi connectivity index (χ2v) is 12.2. The van der Waals surface area contributed by atoms with Crippen molar-refractivity contribution in [1.29, 1.82) is 0 Å². The second kappa shape index (κ2) is 12.6. The molecular formula is C31H44N4O4. The van der Waals surface area contributed by atoms with Gasteiger partial charge in [0.15, 0.2) is 0 Å². The lowest BCUT2D eigenvalue weighted by Crippen LogP contribution is -2.61. The van der Waals surface area contributed by atoms with E-state index in [-0.39, 0.29) is 29.8 Å². The van der Waals surface area contributed by atoms with Crippen LogP contribution in [0.3, 0.4) is 0 Å². The number of aliphatic hydroxyl groups excluding tert-OH is 2. The molecule has 2 aromatic rings. The van der Waals surface area contributed by atoms with Gasteiger partial charge in [-0.3, -0.25) is 14.5 Å². The van der Waals surface area contributed by atoms with E-state index in [1.165, 1.54) is 0 Å². The number of aliphatic hydroxyl groups is 2. The summed E-state index contributed by atoms with van der Waals surface area (Å²) in [5, 5.41) is 28.1. The van der Waals surface area contributed by atoms with Crippen molar-refractivity contribution >= 4 is 11.8 Å². The first kappa shape index (κ1) is 29.2. The summed E-state index contributed by atoms with van der Waals surface area (Å²) in [4.78, 5) is 30.9. The zero-order valence-corrected chi connectivity index (χ0v) is 23.6. The fourth-order valence-electron chi connectivity index (χ4n) is 5.75. The molecular weight excluding hydrogens is 492 g/mol. The molecule has 1 heterocycles. The van der Waals surface area contributed by atoms with E-state index in [1.54, 1.807) is 0 Å². The van der Waals surface area contributed by atoms with Gasteiger partial charge in [-0.2, -0.15) is 0 Å². The van der Waals surface area contributed by atoms with E-state index in [0.717, 1.165) is 23.2 Å². The third-order valence-corrected chi connectivity index (χ3v) is 7.69. The molecule has 0 spiro atoms. The molecule has 2 aromatic carbocycles. The standard InChI is InChI=1S/C31H44N4O4/c1-31(2,3)33-30(39)26-20-34(4)14-15-35(26)19-24(36)17-23(16-21-10-6-5-7-11-21)29(38)32-28-25-13-9-8-12-22(25)18-27(28)37/h5-13,23-24,26-28,36-37H,14-20H2,1-4H3,(H,32,38)(H,33,39)/t23-,24+,26+,27-,28+/m1/s1. The number of fused-ring (bicyclic) bond motifs is 1. The maximum atomic E-state index is 13.6. The Kier molecular flexibility index (Phi) is 9.43. The van der Waals surface area contributed by atoms with Gasteiger partial charge in [-0.1, -0.05) is 54.6 Å². The first-order valence-electron chi connectivity index (χ1n) is 14.0. The highest BCUT2D eigenvalue weighted by atomic mass is 16.3. The van der Waals surface area contributed by atoms with E-state index in [9.17, 15) is 19.8 Å². The minimum atomic E-state index is -0.793. The molecule has 0 bridgehead atoms. The molecule has 1 aliphatic heterocycles. The van der Waals surface area contributed by atoms with E-state index in [1.807, 2.05) is 87.3 Å². The molecule has 0 unspecified atom stereocenters. The normalized spacial score (nSPS) is 23.6. The van der Waals surface area contributed by atoms with Crippen LogP contribution >= 0.6 is 0 Å². The number of carbonyl (C=O) groups excluding carboxylic acids is 2. The molecule has 0 aromatic heterocycles. The van der Waals surface area contributed by atoms with Crippen LogP contribution in [0.25, 0.3) is 0 Å². The lowest BCUT2D eigenvalue weighted by atomic mass is 9.91. The number of amides is 2. The molecule has 2 amide bonds. The number of rotatable bonds is 9. The van der Waals surface area contributed by atoms with Gasteiger partial charge < -0.3 is 25.7 Å². The van der Waals surface area contributed by atoms with Gasteiger partial charge in [0.1, 0.15) is 6.04 Å². The molecule has 2 aliphatic rings. The summed E-state index contributed by atoms with van der Waals surface area (Å²) in [6.07, 6.45) is -0.232. The Morgan fingerprint density at radius 2 is 1.74 bits per heavy atom. The highest BCUT2D eigenvalue weighted by Crippen LogP contribution is 2.32. The highest BCUT2D eigenvalue weighted by Gasteiger charge is 2.36. The Labute approximate surface area is 232 Å². The van der Waals surface area contributed by atoms with Gasteiger partial charge in [0.2, 0.25) is 11.8 Å². The van der Waals surface area contributed by atoms with Crippen LogP contribution in [0.5, 0.6) is 0 Å². The van der Waals surface area contributed by atoms with Crippen molar-refractivity contribution in [3.8, 4) is 0 Å². The van der Waals surface area contributed by atoms with Crippen LogP contribution in [0.1, 0.15) is 49.9 Å². The lowest BCUT2D eigenvalue weighted by molar-refractivity contribution is -0.132. The first-order valence-corrected chi connectivity index (χ1v) is 14.0. The van der Waals surface area contributed by atoms with Gasteiger partial charge in [0, 0.05) is 44.1 Å². The number of β-amino-alcohol motifs (C(OH)–C–C–N with tert-alkyl or cyclic N) is 1. The number of nitrogens with zero attached hydrogens (tertiary/aromatic N) is 2. The molecule has 8 nitrogen and oxygen atoms in total. The third kappa shape index (κ3) is 7.88. The van der Waals surface area contributed by atoms with Crippen molar-refractivity contribution in [2.75, 3.05) is 33.2 Å². The maximum Gasteiger partial charge on any atom is 0.239 e. The fraction of sp³-hybridized carbons (Fsp3) is 0.548. The molecule has 1 fully saturated rings. The molecule has 0 saturated carbocycles. The molecule has 1 saturated heterocycles. The van der Waals surface area contributed by atoms with Gasteiger partial charge in [-0.05, 0) is 57.4 Å². The molecule has 39 heavy (non-hydrogen) atoms. The predicted molar refractivity (Wildman–Crippen MR) is 152 cm³/mol. The number of carbonyl (C=O) groups is 2. The van der Waals surface area contributed by atoms with E-state index in [4.69, 9.17) is 0 Å². The van der Waals surface area contributed by atoms with Crippen molar-refractivity contribution in [2.24, 2.45) is 5.92 Å². The zero-order chi connectivity index (χ0) is 28.2. The van der Waals surface area contributed by atoms with Crippen molar-refractivity contribution in [3.05, 3.63) is 71.3 Å². The average Bonchev–Trinajstić information content (AvgIpc) is 3.19. The van der Waals surface area contributed by atoms with Crippen molar-refractivity contribution in [3.63, 3.8) is 0 Å². The highest BCUT2D eigenvalue weighted by molar-refractivity contribution is 5.83. The monoisotopic (exact) mass is 536 g/mol. The van der Waals surface area contributed by atoms with E-state index >= 15 is 0 Å². The van der Waals surface area contributed by atoms with Crippen molar-refractivity contribution < 1.29 is 19.8 Å². The van der Waals surface area contributed by atoms with Crippen molar-refractivity contribution in [1.82, 2.24) is 20.4 Å². The van der Waals surface area contributed by atoms with Crippen LogP contribution in [0.4, 0.5) is 0 Å². The Bertz CT molecular complexity index is 1120. The first-order chi connectivity index (χ1) is 18.5. The van der Waals surface area contributed by atoms with Crippen LogP contribution in [-0.4, -0.2) is 88.8 Å². The zero-order valence-electron chi connectivity index (χ0n) is 23.6. The average molecular weight is 537 g/mol. The second-order valence-electron chi connectivity index (χ2n) is 12.2. The Hall–Kier alpha value is -2.78. The molecule has 0 radical (unpaired) electrons. The largest absolute Gasteiger partial charge is 0.392 e. The number of hydrogen-bond acceptors (Lipinski definition) is 6. The molecule has 212 valence electrons. The minimum Gasteiger partial charge on any atom is -0.392 e. The van der Waals surface area contributed by atoms with Gasteiger partial charge in [-0.15, -0.1) is 0 Å². The number of nitrogens with one attached hydrogen (secondary N) is 2. The van der Waals surface area contributed by atoms with E-state index in [2.05, 4.69) is 15.5 Å². The molecule has 1 aliphatic carbocycles. The summed E-state index contributed by atoms with van der Waals surface area (Å²) in [5.74, 6) is -0.718. The summed E-state index contributed by atoms with van der Waals surface area (Å²) in [5.41, 5.74) is 2.66. The summed E-state index contributed by atoms with van der Waals surface area (Å²) in [6, 6.07) is 16.8. The van der Waals surface area contributed by atoms with E-state index in [0.29, 0.717) is 32.5 Å². The van der Waals surface area contributed by atoms with Crippen molar-refractivity contribution in [2.45, 2.75) is 69.9 Å². The molecule has 4 N–H and O–H groups in total. The quantitative estimate of drug-likeness (QED) is 0.390. The van der Waals surface area contributed by atoms with Gasteiger partial charge in [0.25, 0.3) is 0 Å². The third-order valence-electron chi connectivity index (χ3n) is 7.69. The Morgan fingerprint density at radius 1 is 1.05 bits per heavy atom. The molecule has 4 rings (SSSR count). The Morgan fingerprint density at radius 3 is 2.46 bits per heavy atom. The summed E-state index contributed by atoms with van der Waals surface area (Å²) >= 11 is 0. The van der Waals surface area contributed by atoms with Crippen LogP contribution in [0.2, 0.25) is 0 Å². The maximum absolute atomic E-state index is 13.6. The van der Waals surface area contributed by atoms with Crippen LogP contribution in [0, 0.1) is 5.92 Å². The fourth-order valence-corrected chi connectivity index (χ4v) is 5.75. The molecule has 8 heteroatoms. The topological polar surface area (TPSA) is 105 Å². The summed E-state index contributed by atoms with van der Waals surface area (Å²) in [7, 11) is 2.00. The predicted octanol–water partition coefficient (Wildman–Crippen LogP) is 1.90. The van der Waals surface area contributed by atoms with Gasteiger partial charge >= 0.3 is 0 Å². The van der Waals surface area contributed by atoms with E-state index < -0.39 is 24.2 Å². The number of likely N-dealkylation sites (N-methyl/N-ethyl adjacent to an activating group) is 1. The van der Waals surface area contributed by atoms with Crippen LogP contribution in [0.15, 0.2) is 54.6 Å². The number of benzene rings is 2. The number of piperazine rings is 1. The van der Waals surface area contributed by atoms with Crippen LogP contribution < -0.4 is 10.6 Å². The summed E-state index contributed by atoms with van der Waals surface area (Å²) in [6.45, 7) is 8.25. The Balaban J connectivity index is 1.46. The van der Waals surface area contributed by atoms with Crippen LogP contribution in [-0.2, 0) is 22.4 Å². The lowest BCUT2D eigenvalue weighted by Gasteiger charge is -2.41. The number of hydrogen-bond donors (Lipinski definition) is 4. The van der Waals surface area contributed by atoms with Gasteiger partial charge in [-0.25, -0.2) is 0 Å². The molecule has 5 atom stereocenters. The minimum absolute atomic E-state index is 0.0475. The smallest absolute Gasteiger partial charge is 0.239 e. The SMILES string of the molecule is CN1CCN(C[C@@H](O)C[C@@H](Cc2ccccc2)C(=O)N[C@H]2c3ccccc3C[C@H]2O)[C@H](C(=O)NC(C)(C)C)C1. The van der Waals surface area contributed by atoms with Gasteiger partial charge in [0.05, 0.1) is 18.2 Å². The summed E-state index contributed by atoms with van der Waals surface area (Å²) < 4.78 is 0.